The molecule has 0 aliphatic rings. The van der Waals surface area contributed by atoms with Crippen LogP contribution in [0.4, 0.5) is 13.2 Å². The number of carbonyl (C=O) groups is 1. The minimum Gasteiger partial charge on any atom is -0.406 e. The second-order valence-corrected chi connectivity index (χ2v) is 3.75. The average Bonchev–Trinajstić information content (AvgIpc) is 2.25. The Kier molecular flexibility index (Phi) is 3.13. The van der Waals surface area contributed by atoms with Gasteiger partial charge in [0, 0.05) is 11.5 Å². The number of rotatable bonds is 2. The van der Waals surface area contributed by atoms with Crippen molar-refractivity contribution in [3.05, 3.63) is 35.0 Å². The lowest BCUT2D eigenvalue weighted by atomic mass is 10.1. The minimum absolute atomic E-state index is 0.0679. The molecular weight excluding hydrogens is 271 g/mol. The summed E-state index contributed by atoms with van der Waals surface area (Å²) in [6, 6.07) is 5.05. The summed E-state index contributed by atoms with van der Waals surface area (Å²) in [6.07, 6.45) is -4.24. The Hall–Kier alpha value is -1.82. The molecule has 2 aromatic rings. The van der Waals surface area contributed by atoms with Crippen molar-refractivity contribution in [3.63, 3.8) is 0 Å². The number of ether oxygens (including phenoxy) is 1. The first kappa shape index (κ1) is 12.6. The van der Waals surface area contributed by atoms with E-state index in [1.54, 1.807) is 0 Å². The fourth-order valence-corrected chi connectivity index (χ4v) is 1.61. The maximum absolute atomic E-state index is 12.0. The standard InChI is InChI=1S/C11H5ClF3NO2/c12-10-7(5-17)3-6-1-2-8(4-9(6)16-10)18-11(13,14)15/h1-5H. The molecule has 0 saturated carbocycles. The Bertz CT molecular complexity index is 613. The molecule has 0 bridgehead atoms. The molecule has 0 unspecified atom stereocenters. The smallest absolute Gasteiger partial charge is 0.406 e. The van der Waals surface area contributed by atoms with Crippen LogP contribution in [-0.2, 0) is 0 Å². The Balaban J connectivity index is 2.49. The van der Waals surface area contributed by atoms with E-state index in [9.17, 15) is 18.0 Å². The van der Waals surface area contributed by atoms with E-state index in [4.69, 9.17) is 11.6 Å². The van der Waals surface area contributed by atoms with Crippen LogP contribution in [0.25, 0.3) is 10.9 Å². The molecule has 0 amide bonds. The van der Waals surface area contributed by atoms with Crippen LogP contribution in [0.3, 0.4) is 0 Å². The molecule has 94 valence electrons. The monoisotopic (exact) mass is 275 g/mol. The summed E-state index contributed by atoms with van der Waals surface area (Å²) in [5, 5.41) is 0.428. The third-order valence-electron chi connectivity index (χ3n) is 2.13. The van der Waals surface area contributed by atoms with E-state index >= 15 is 0 Å². The van der Waals surface area contributed by atoms with Gasteiger partial charge in [-0.3, -0.25) is 4.79 Å². The summed E-state index contributed by atoms with van der Waals surface area (Å²) >= 11 is 5.68. The highest BCUT2D eigenvalue weighted by atomic mass is 35.5. The van der Waals surface area contributed by atoms with Gasteiger partial charge in [-0.05, 0) is 18.2 Å². The second kappa shape index (κ2) is 4.45. The third kappa shape index (κ3) is 2.70. The van der Waals surface area contributed by atoms with Crippen molar-refractivity contribution in [2.24, 2.45) is 0 Å². The van der Waals surface area contributed by atoms with Gasteiger partial charge in [-0.25, -0.2) is 4.98 Å². The van der Waals surface area contributed by atoms with Crippen molar-refractivity contribution in [3.8, 4) is 5.75 Å². The van der Waals surface area contributed by atoms with Gasteiger partial charge in [0.2, 0.25) is 0 Å². The van der Waals surface area contributed by atoms with Gasteiger partial charge in [0.05, 0.1) is 11.1 Å². The van der Waals surface area contributed by atoms with Gasteiger partial charge in [0.25, 0.3) is 0 Å². The third-order valence-corrected chi connectivity index (χ3v) is 2.43. The van der Waals surface area contributed by atoms with E-state index < -0.39 is 12.1 Å². The molecule has 0 fully saturated rings. The Morgan fingerprint density at radius 2 is 2.00 bits per heavy atom. The van der Waals surface area contributed by atoms with Crippen molar-refractivity contribution in [2.45, 2.75) is 6.36 Å². The van der Waals surface area contributed by atoms with E-state index in [2.05, 4.69) is 9.72 Å². The number of nitrogens with zero attached hydrogens (tertiary/aromatic N) is 1. The number of halogens is 4. The molecule has 18 heavy (non-hydrogen) atoms. The van der Waals surface area contributed by atoms with Crippen LogP contribution in [0.15, 0.2) is 24.3 Å². The number of benzene rings is 1. The zero-order valence-corrected chi connectivity index (χ0v) is 9.42. The first-order valence-corrected chi connectivity index (χ1v) is 5.08. The van der Waals surface area contributed by atoms with E-state index in [1.165, 1.54) is 12.1 Å². The lowest BCUT2D eigenvalue weighted by Gasteiger charge is -2.09. The highest BCUT2D eigenvalue weighted by molar-refractivity contribution is 6.32. The lowest BCUT2D eigenvalue weighted by Crippen LogP contribution is -2.17. The number of fused-ring (bicyclic) bond motifs is 1. The normalized spacial score (nSPS) is 11.6. The zero-order chi connectivity index (χ0) is 13.3. The summed E-state index contributed by atoms with van der Waals surface area (Å²) in [5.41, 5.74) is 0.390. The predicted molar refractivity (Wildman–Crippen MR) is 58.8 cm³/mol. The predicted octanol–water partition coefficient (Wildman–Crippen LogP) is 3.60. The fourth-order valence-electron chi connectivity index (χ4n) is 1.42. The Morgan fingerprint density at radius 3 is 2.61 bits per heavy atom. The van der Waals surface area contributed by atoms with Gasteiger partial charge >= 0.3 is 6.36 Å². The van der Waals surface area contributed by atoms with Crippen LogP contribution in [-0.4, -0.2) is 17.6 Å². The van der Waals surface area contributed by atoms with Gasteiger partial charge in [-0.1, -0.05) is 11.6 Å². The van der Waals surface area contributed by atoms with Gasteiger partial charge in [0.1, 0.15) is 10.9 Å². The number of alkyl halides is 3. The molecule has 7 heteroatoms. The number of hydrogen-bond donors (Lipinski definition) is 0. The van der Waals surface area contributed by atoms with E-state index in [0.717, 1.165) is 12.1 Å². The van der Waals surface area contributed by atoms with Crippen molar-refractivity contribution in [1.29, 1.82) is 0 Å². The number of pyridine rings is 1. The largest absolute Gasteiger partial charge is 0.573 e. The van der Waals surface area contributed by atoms with E-state index in [1.807, 2.05) is 0 Å². The van der Waals surface area contributed by atoms with Crippen molar-refractivity contribution >= 4 is 28.8 Å². The molecular formula is C11H5ClF3NO2. The van der Waals surface area contributed by atoms with Crippen molar-refractivity contribution < 1.29 is 22.7 Å². The van der Waals surface area contributed by atoms with Crippen LogP contribution in [0.1, 0.15) is 10.4 Å². The van der Waals surface area contributed by atoms with Gasteiger partial charge in [-0.15, -0.1) is 13.2 Å². The molecule has 0 aliphatic carbocycles. The molecule has 1 heterocycles. The molecule has 0 atom stereocenters. The maximum atomic E-state index is 12.0. The lowest BCUT2D eigenvalue weighted by molar-refractivity contribution is -0.274. The van der Waals surface area contributed by atoms with Gasteiger partial charge in [0.15, 0.2) is 6.29 Å². The van der Waals surface area contributed by atoms with E-state index in [-0.39, 0.29) is 16.2 Å². The first-order valence-electron chi connectivity index (χ1n) is 4.70. The minimum atomic E-state index is -4.76. The summed E-state index contributed by atoms with van der Waals surface area (Å²) < 4.78 is 39.8. The van der Waals surface area contributed by atoms with Gasteiger partial charge < -0.3 is 4.74 Å². The number of hydrogen-bond acceptors (Lipinski definition) is 3. The Labute approximate surface area is 104 Å². The highest BCUT2D eigenvalue weighted by Gasteiger charge is 2.31. The molecule has 0 aliphatic heterocycles. The summed E-state index contributed by atoms with van der Waals surface area (Å²) in [6.45, 7) is 0. The molecule has 0 saturated heterocycles. The maximum Gasteiger partial charge on any atom is 0.573 e. The fraction of sp³-hybridized carbons (Fsp3) is 0.0909. The number of aldehydes is 1. The van der Waals surface area contributed by atoms with Crippen LogP contribution in [0, 0.1) is 0 Å². The average molecular weight is 276 g/mol. The quantitative estimate of drug-likeness (QED) is 0.621. The van der Waals surface area contributed by atoms with Gasteiger partial charge in [-0.2, -0.15) is 0 Å². The topological polar surface area (TPSA) is 39.2 Å². The molecule has 1 aromatic carbocycles. The molecule has 0 N–H and O–H groups in total. The molecule has 0 spiro atoms. The molecule has 2 rings (SSSR count). The zero-order valence-electron chi connectivity index (χ0n) is 8.66. The first-order chi connectivity index (χ1) is 8.39. The molecule has 0 radical (unpaired) electrons. The highest BCUT2D eigenvalue weighted by Crippen LogP contribution is 2.27. The Morgan fingerprint density at radius 1 is 1.28 bits per heavy atom. The second-order valence-electron chi connectivity index (χ2n) is 3.39. The molecule has 1 aromatic heterocycles. The summed E-state index contributed by atoms with van der Waals surface area (Å²) in [4.78, 5) is 14.5. The number of carbonyl (C=O) groups excluding carboxylic acids is 1. The van der Waals surface area contributed by atoms with E-state index in [0.29, 0.717) is 11.7 Å². The number of aromatic nitrogens is 1. The summed E-state index contributed by atoms with van der Waals surface area (Å²) in [5.74, 6) is -0.391. The SMILES string of the molecule is O=Cc1cc2ccc(OC(F)(F)F)cc2nc1Cl. The van der Waals surface area contributed by atoms with Crippen molar-refractivity contribution in [1.82, 2.24) is 4.98 Å². The van der Waals surface area contributed by atoms with Crippen LogP contribution >= 0.6 is 11.6 Å². The van der Waals surface area contributed by atoms with Crippen molar-refractivity contribution in [2.75, 3.05) is 0 Å². The molecule has 3 nitrogen and oxygen atoms in total. The van der Waals surface area contributed by atoms with Crippen LogP contribution in [0.5, 0.6) is 5.75 Å². The summed E-state index contributed by atoms with van der Waals surface area (Å²) in [7, 11) is 0. The van der Waals surface area contributed by atoms with Crippen LogP contribution in [0.2, 0.25) is 5.15 Å². The van der Waals surface area contributed by atoms with Crippen LogP contribution < -0.4 is 4.74 Å².